The van der Waals surface area contributed by atoms with Gasteiger partial charge in [0, 0.05) is 37.2 Å². The fourth-order valence-electron chi connectivity index (χ4n) is 3.06. The third-order valence-corrected chi connectivity index (χ3v) is 4.14. The van der Waals surface area contributed by atoms with Crippen LogP contribution in [0, 0.1) is 16.0 Å². The summed E-state index contributed by atoms with van der Waals surface area (Å²) in [5.74, 6) is 0.689. The number of fused-ring (bicyclic) bond motifs is 1. The molecule has 1 fully saturated rings. The van der Waals surface area contributed by atoms with Crippen LogP contribution in [0.3, 0.4) is 0 Å². The molecule has 0 spiro atoms. The first-order chi connectivity index (χ1) is 10.7. The second-order valence-corrected chi connectivity index (χ2v) is 5.30. The molecule has 22 heavy (non-hydrogen) atoms. The molecule has 0 bridgehead atoms. The number of nitro groups is 1. The van der Waals surface area contributed by atoms with Crippen molar-refractivity contribution in [1.82, 2.24) is 10.7 Å². The smallest absolute Gasteiger partial charge is 0.315 e. The number of nitro benzene ring substituents is 1. The summed E-state index contributed by atoms with van der Waals surface area (Å²) in [6, 6.07) is 3.21. The minimum absolute atomic E-state index is 0.0960. The SMILES string of the molecule is COc1cc(C2NN=C3CCNCC32)cc([N+](=O)[O-])c1OC. The van der Waals surface area contributed by atoms with Gasteiger partial charge in [-0.2, -0.15) is 5.10 Å². The summed E-state index contributed by atoms with van der Waals surface area (Å²) in [7, 11) is 2.86. The van der Waals surface area contributed by atoms with Gasteiger partial charge in [0.1, 0.15) is 0 Å². The van der Waals surface area contributed by atoms with Crippen LogP contribution in [0.4, 0.5) is 5.69 Å². The van der Waals surface area contributed by atoms with E-state index in [1.807, 2.05) is 0 Å². The van der Waals surface area contributed by atoms with Crippen molar-refractivity contribution in [3.63, 3.8) is 0 Å². The van der Waals surface area contributed by atoms with Gasteiger partial charge < -0.3 is 20.2 Å². The largest absolute Gasteiger partial charge is 0.493 e. The number of ether oxygens (including phenoxy) is 2. The van der Waals surface area contributed by atoms with Crippen molar-refractivity contribution in [3.8, 4) is 11.5 Å². The van der Waals surface area contributed by atoms with E-state index in [9.17, 15) is 10.1 Å². The van der Waals surface area contributed by atoms with Gasteiger partial charge in [0.2, 0.25) is 5.75 Å². The molecule has 8 heteroatoms. The minimum atomic E-state index is -0.458. The summed E-state index contributed by atoms with van der Waals surface area (Å²) < 4.78 is 10.4. The van der Waals surface area contributed by atoms with Crippen LogP contribution >= 0.6 is 0 Å². The van der Waals surface area contributed by atoms with Gasteiger partial charge in [-0.15, -0.1) is 0 Å². The molecule has 8 nitrogen and oxygen atoms in total. The molecule has 0 amide bonds. The van der Waals surface area contributed by atoms with Gasteiger partial charge in [-0.25, -0.2) is 0 Å². The van der Waals surface area contributed by atoms with Crippen LogP contribution in [0.25, 0.3) is 0 Å². The fourth-order valence-corrected chi connectivity index (χ4v) is 3.06. The van der Waals surface area contributed by atoms with Gasteiger partial charge in [0.15, 0.2) is 5.75 Å². The molecule has 1 aromatic rings. The number of hydrazone groups is 1. The van der Waals surface area contributed by atoms with Crippen LogP contribution < -0.4 is 20.2 Å². The zero-order valence-electron chi connectivity index (χ0n) is 12.5. The van der Waals surface area contributed by atoms with E-state index in [0.717, 1.165) is 30.8 Å². The molecule has 2 atom stereocenters. The zero-order valence-corrected chi connectivity index (χ0v) is 12.5. The molecule has 0 saturated carbocycles. The first-order valence-electron chi connectivity index (χ1n) is 7.08. The average Bonchev–Trinajstić information content (AvgIpc) is 2.97. The van der Waals surface area contributed by atoms with Crippen LogP contribution in [0.1, 0.15) is 18.0 Å². The lowest BCUT2D eigenvalue weighted by molar-refractivity contribution is -0.385. The van der Waals surface area contributed by atoms with Crippen molar-refractivity contribution in [1.29, 1.82) is 0 Å². The van der Waals surface area contributed by atoms with Crippen molar-refractivity contribution in [2.45, 2.75) is 12.5 Å². The Kier molecular flexibility index (Phi) is 3.84. The molecule has 1 saturated heterocycles. The molecule has 2 unspecified atom stereocenters. The lowest BCUT2D eigenvalue weighted by Gasteiger charge is -2.25. The summed E-state index contributed by atoms with van der Waals surface area (Å²) in [5.41, 5.74) is 4.88. The molecule has 2 aliphatic rings. The maximum Gasteiger partial charge on any atom is 0.315 e. The number of benzene rings is 1. The van der Waals surface area contributed by atoms with E-state index in [1.54, 1.807) is 6.07 Å². The number of piperidine rings is 1. The van der Waals surface area contributed by atoms with E-state index in [2.05, 4.69) is 15.8 Å². The standard InChI is InChI=1S/C14H18N4O4/c1-21-12-6-8(5-11(18(19)20)14(12)22-2)13-9-7-15-4-3-10(9)16-17-13/h5-6,9,13,15,17H,3-4,7H2,1-2H3. The molecular formula is C14H18N4O4. The Balaban J connectivity index is 2.01. The minimum Gasteiger partial charge on any atom is -0.493 e. The van der Waals surface area contributed by atoms with E-state index in [-0.39, 0.29) is 23.4 Å². The monoisotopic (exact) mass is 306 g/mol. The summed E-state index contributed by atoms with van der Waals surface area (Å²) in [6.07, 6.45) is 0.892. The van der Waals surface area contributed by atoms with E-state index < -0.39 is 4.92 Å². The number of rotatable bonds is 4. The molecule has 2 heterocycles. The molecule has 118 valence electrons. The molecule has 2 aliphatic heterocycles. The van der Waals surface area contributed by atoms with Gasteiger partial charge in [0.05, 0.1) is 25.2 Å². The summed E-state index contributed by atoms with van der Waals surface area (Å²) in [6.45, 7) is 1.72. The summed E-state index contributed by atoms with van der Waals surface area (Å²) in [4.78, 5) is 10.8. The van der Waals surface area contributed by atoms with Gasteiger partial charge in [0.25, 0.3) is 0 Å². The Morgan fingerprint density at radius 3 is 2.86 bits per heavy atom. The Morgan fingerprint density at radius 1 is 1.36 bits per heavy atom. The molecule has 0 radical (unpaired) electrons. The topological polar surface area (TPSA) is 98.0 Å². The highest BCUT2D eigenvalue weighted by Gasteiger charge is 2.36. The zero-order chi connectivity index (χ0) is 15.7. The van der Waals surface area contributed by atoms with Crippen LogP contribution in [0.15, 0.2) is 17.2 Å². The van der Waals surface area contributed by atoms with Gasteiger partial charge in [-0.05, 0) is 11.6 Å². The van der Waals surface area contributed by atoms with Gasteiger partial charge in [-0.3, -0.25) is 10.1 Å². The molecule has 0 aromatic heterocycles. The lowest BCUT2D eigenvalue weighted by Crippen LogP contribution is -2.38. The molecule has 2 N–H and O–H groups in total. The Morgan fingerprint density at radius 2 is 2.18 bits per heavy atom. The highest BCUT2D eigenvalue weighted by molar-refractivity contribution is 5.90. The second kappa shape index (κ2) is 5.80. The normalized spacial score (nSPS) is 23.3. The van der Waals surface area contributed by atoms with Crippen molar-refractivity contribution in [2.75, 3.05) is 27.3 Å². The van der Waals surface area contributed by atoms with Crippen molar-refractivity contribution in [3.05, 3.63) is 27.8 Å². The van der Waals surface area contributed by atoms with E-state index in [1.165, 1.54) is 20.3 Å². The summed E-state index contributed by atoms with van der Waals surface area (Å²) >= 11 is 0. The maximum absolute atomic E-state index is 11.3. The number of nitrogens with zero attached hydrogens (tertiary/aromatic N) is 2. The number of methoxy groups -OCH3 is 2. The molecule has 1 aromatic carbocycles. The number of nitrogens with one attached hydrogen (secondary N) is 2. The second-order valence-electron chi connectivity index (χ2n) is 5.30. The van der Waals surface area contributed by atoms with E-state index in [0.29, 0.717) is 5.75 Å². The Labute approximate surface area is 127 Å². The lowest BCUT2D eigenvalue weighted by atomic mass is 9.87. The van der Waals surface area contributed by atoms with Gasteiger partial charge in [-0.1, -0.05) is 0 Å². The predicted molar refractivity (Wildman–Crippen MR) is 80.5 cm³/mol. The van der Waals surface area contributed by atoms with Crippen molar-refractivity contribution < 1.29 is 14.4 Å². The summed E-state index contributed by atoms with van der Waals surface area (Å²) in [5, 5.41) is 19.0. The van der Waals surface area contributed by atoms with E-state index >= 15 is 0 Å². The predicted octanol–water partition coefficient (Wildman–Crippen LogP) is 1.22. The third kappa shape index (κ3) is 2.35. The van der Waals surface area contributed by atoms with Crippen molar-refractivity contribution in [2.24, 2.45) is 11.0 Å². The number of hydrogen-bond donors (Lipinski definition) is 2. The van der Waals surface area contributed by atoms with Gasteiger partial charge >= 0.3 is 5.69 Å². The highest BCUT2D eigenvalue weighted by Crippen LogP contribution is 2.41. The van der Waals surface area contributed by atoms with Crippen molar-refractivity contribution >= 4 is 11.4 Å². The third-order valence-electron chi connectivity index (χ3n) is 4.14. The van der Waals surface area contributed by atoms with Crippen LogP contribution in [0.2, 0.25) is 0 Å². The molecule has 0 aliphatic carbocycles. The Bertz CT molecular complexity index is 632. The van der Waals surface area contributed by atoms with Crippen LogP contribution in [-0.2, 0) is 0 Å². The molecule has 3 rings (SSSR count). The Hall–Kier alpha value is -2.35. The van der Waals surface area contributed by atoms with Crippen LogP contribution in [-0.4, -0.2) is 37.9 Å². The highest BCUT2D eigenvalue weighted by atomic mass is 16.6. The average molecular weight is 306 g/mol. The maximum atomic E-state index is 11.3. The van der Waals surface area contributed by atoms with Crippen LogP contribution in [0.5, 0.6) is 11.5 Å². The quantitative estimate of drug-likeness (QED) is 0.641. The fraction of sp³-hybridized carbons (Fsp3) is 0.500. The van der Waals surface area contributed by atoms with E-state index in [4.69, 9.17) is 9.47 Å². The first kappa shape index (κ1) is 14.6. The first-order valence-corrected chi connectivity index (χ1v) is 7.08. The number of hydrogen-bond acceptors (Lipinski definition) is 7. The molecular weight excluding hydrogens is 288 g/mol.